The first-order valence-corrected chi connectivity index (χ1v) is 11.1. The van der Waals surface area contributed by atoms with Crippen LogP contribution >= 0.6 is 0 Å². The van der Waals surface area contributed by atoms with Gasteiger partial charge in [0.2, 0.25) is 21.8 Å². The first-order chi connectivity index (χ1) is 13.3. The number of aromatic nitrogens is 3. The van der Waals surface area contributed by atoms with Crippen LogP contribution in [0.3, 0.4) is 0 Å². The van der Waals surface area contributed by atoms with Crippen molar-refractivity contribution in [2.75, 3.05) is 26.9 Å². The van der Waals surface area contributed by atoms with Crippen LogP contribution in [0.15, 0.2) is 6.20 Å². The number of aliphatic hydroxyl groups is 1. The van der Waals surface area contributed by atoms with Crippen LogP contribution in [0.4, 0.5) is 0 Å². The van der Waals surface area contributed by atoms with Gasteiger partial charge in [0.05, 0.1) is 30.8 Å². The third kappa shape index (κ3) is 5.31. The number of β-amino-alcohol motifs (C(OH)–C–C–N with tert-alkyl or cyclic N) is 1. The summed E-state index contributed by atoms with van der Waals surface area (Å²) in [4.78, 5) is 27.0. The first kappa shape index (κ1) is 23.2. The maximum atomic E-state index is 13.4. The average molecular weight is 431 g/mol. The fraction of sp³-hybridized carbons (Fsp3) is 0.765. The third-order valence-electron chi connectivity index (χ3n) is 4.94. The van der Waals surface area contributed by atoms with E-state index in [-0.39, 0.29) is 31.3 Å². The molecule has 2 amide bonds. The van der Waals surface area contributed by atoms with Gasteiger partial charge in [-0.25, -0.2) is 13.1 Å². The van der Waals surface area contributed by atoms with Crippen LogP contribution in [0.2, 0.25) is 0 Å². The summed E-state index contributed by atoms with van der Waals surface area (Å²) in [5.74, 6) is -0.688. The van der Waals surface area contributed by atoms with Crippen LogP contribution in [0, 0.1) is 5.41 Å². The Bertz CT molecular complexity index is 862. The highest BCUT2D eigenvalue weighted by atomic mass is 32.2. The van der Waals surface area contributed by atoms with Crippen LogP contribution in [-0.4, -0.2) is 88.6 Å². The van der Waals surface area contributed by atoms with Crippen LogP contribution in [0.5, 0.6) is 0 Å². The number of carbonyl (C=O) groups excluding carboxylic acids is 2. The molecule has 0 bridgehead atoms. The molecule has 2 unspecified atom stereocenters. The summed E-state index contributed by atoms with van der Waals surface area (Å²) in [5.41, 5.74) is -0.185. The molecule has 11 nitrogen and oxygen atoms in total. The van der Waals surface area contributed by atoms with E-state index in [1.807, 2.05) is 20.8 Å². The van der Waals surface area contributed by atoms with E-state index < -0.39 is 33.6 Å². The lowest BCUT2D eigenvalue weighted by atomic mass is 9.85. The number of nitrogens with one attached hydrogen (secondary N) is 1. The number of amides is 2. The molecule has 1 saturated heterocycles. The smallest absolute Gasteiger partial charge is 0.248 e. The van der Waals surface area contributed by atoms with Gasteiger partial charge in [0.1, 0.15) is 12.1 Å². The number of sulfonamides is 1. The number of likely N-dealkylation sites (tertiary alicyclic amines) is 1. The van der Waals surface area contributed by atoms with Crippen LogP contribution < -0.4 is 5.32 Å². The molecule has 0 aliphatic carbocycles. The molecule has 0 saturated carbocycles. The lowest BCUT2D eigenvalue weighted by Crippen LogP contribution is -2.49. The quantitative estimate of drug-likeness (QED) is 0.588. The molecule has 2 heterocycles. The lowest BCUT2D eigenvalue weighted by molar-refractivity contribution is -0.144. The number of carbonyl (C=O) groups is 2. The summed E-state index contributed by atoms with van der Waals surface area (Å²) < 4.78 is 25.8. The molecule has 3 atom stereocenters. The van der Waals surface area contributed by atoms with E-state index in [9.17, 15) is 23.1 Å². The van der Waals surface area contributed by atoms with Gasteiger partial charge < -0.3 is 15.3 Å². The molecule has 1 aliphatic rings. The molecule has 2 N–H and O–H groups in total. The van der Waals surface area contributed by atoms with E-state index in [0.717, 1.165) is 10.6 Å². The molecular formula is C17H30N6O5S. The second kappa shape index (κ2) is 8.36. The Morgan fingerprint density at radius 2 is 2.03 bits per heavy atom. The van der Waals surface area contributed by atoms with E-state index >= 15 is 0 Å². The van der Waals surface area contributed by atoms with Crippen LogP contribution in [0.25, 0.3) is 0 Å². The maximum Gasteiger partial charge on any atom is 0.248 e. The summed E-state index contributed by atoms with van der Waals surface area (Å²) in [5, 5.41) is 20.6. The number of rotatable bonds is 6. The third-order valence-corrected chi connectivity index (χ3v) is 6.20. The number of aliphatic hydroxyl groups excluding tert-OH is 1. The minimum absolute atomic E-state index is 0.0210. The van der Waals surface area contributed by atoms with Crippen molar-refractivity contribution in [2.45, 2.75) is 51.9 Å². The van der Waals surface area contributed by atoms with Crippen LogP contribution in [0.1, 0.15) is 38.9 Å². The van der Waals surface area contributed by atoms with Crippen molar-refractivity contribution in [1.29, 1.82) is 0 Å². The van der Waals surface area contributed by atoms with Gasteiger partial charge in [-0.3, -0.25) is 9.59 Å². The molecule has 1 aromatic heterocycles. The van der Waals surface area contributed by atoms with E-state index in [2.05, 4.69) is 15.6 Å². The van der Waals surface area contributed by atoms with Gasteiger partial charge in [-0.1, -0.05) is 26.0 Å². The Morgan fingerprint density at radius 1 is 1.41 bits per heavy atom. The van der Waals surface area contributed by atoms with Gasteiger partial charge in [-0.15, -0.1) is 5.10 Å². The minimum Gasteiger partial charge on any atom is -0.391 e. The van der Waals surface area contributed by atoms with Crippen molar-refractivity contribution >= 4 is 21.8 Å². The Morgan fingerprint density at radius 3 is 2.55 bits per heavy atom. The highest BCUT2D eigenvalue weighted by Gasteiger charge is 2.45. The second-order valence-corrected chi connectivity index (χ2v) is 10.6. The topological polar surface area (TPSA) is 138 Å². The van der Waals surface area contributed by atoms with Gasteiger partial charge >= 0.3 is 0 Å². The summed E-state index contributed by atoms with van der Waals surface area (Å²) in [6.45, 7) is 5.66. The standard InChI is InChI=1S/C17H30N6O5S/c1-17(2,3)14(16(26)22-10-12(24)7-13(22)15(25)18-4)23-9-11(19-20-23)8-21(5)29(6,27)28/h9,12-14,24H,7-8,10H2,1-6H3,(H,18,25)/t12?,13-,14?/m1/s1. The highest BCUT2D eigenvalue weighted by Crippen LogP contribution is 2.34. The molecule has 1 aliphatic heterocycles. The monoisotopic (exact) mass is 430 g/mol. The molecule has 164 valence electrons. The Kier molecular flexibility index (Phi) is 6.70. The number of hydrogen-bond acceptors (Lipinski definition) is 7. The molecule has 12 heteroatoms. The molecular weight excluding hydrogens is 400 g/mol. The van der Waals surface area contributed by atoms with Gasteiger partial charge in [0.15, 0.2) is 0 Å². The van der Waals surface area contributed by atoms with E-state index in [1.165, 1.54) is 29.9 Å². The molecule has 0 spiro atoms. The molecule has 0 aromatic carbocycles. The zero-order valence-corrected chi connectivity index (χ0v) is 18.5. The molecule has 1 aromatic rings. The highest BCUT2D eigenvalue weighted by molar-refractivity contribution is 7.88. The van der Waals surface area contributed by atoms with E-state index in [0.29, 0.717) is 5.69 Å². The number of hydrogen-bond donors (Lipinski definition) is 2. The van der Waals surface area contributed by atoms with Gasteiger partial charge in [0.25, 0.3) is 0 Å². The molecule has 1 fully saturated rings. The largest absolute Gasteiger partial charge is 0.391 e. The van der Waals surface area contributed by atoms with E-state index in [1.54, 1.807) is 0 Å². The normalized spacial score (nSPS) is 21.4. The van der Waals surface area contributed by atoms with E-state index in [4.69, 9.17) is 0 Å². The lowest BCUT2D eigenvalue weighted by Gasteiger charge is -2.34. The number of nitrogens with zero attached hydrogens (tertiary/aromatic N) is 5. The summed E-state index contributed by atoms with van der Waals surface area (Å²) >= 11 is 0. The van der Waals surface area contributed by atoms with Gasteiger partial charge in [-0.05, 0) is 5.41 Å². The van der Waals surface area contributed by atoms with Crippen molar-refractivity contribution in [3.8, 4) is 0 Å². The average Bonchev–Trinajstić information content (AvgIpc) is 3.18. The fourth-order valence-electron chi connectivity index (χ4n) is 3.37. The van der Waals surface area contributed by atoms with Crippen molar-refractivity contribution in [3.05, 3.63) is 11.9 Å². The van der Waals surface area contributed by atoms with Crippen molar-refractivity contribution < 1.29 is 23.1 Å². The zero-order chi connectivity index (χ0) is 22.1. The molecule has 29 heavy (non-hydrogen) atoms. The molecule has 2 rings (SSSR count). The number of likely N-dealkylation sites (N-methyl/N-ethyl adjacent to an activating group) is 1. The predicted molar refractivity (Wildman–Crippen MR) is 105 cm³/mol. The predicted octanol–water partition coefficient (Wildman–Crippen LogP) is -1.04. The summed E-state index contributed by atoms with van der Waals surface area (Å²) in [6.07, 6.45) is 2.02. The Labute approximate surface area is 171 Å². The fourth-order valence-corrected chi connectivity index (χ4v) is 3.73. The zero-order valence-electron chi connectivity index (χ0n) is 17.7. The SMILES string of the molecule is CNC(=O)[C@H]1CC(O)CN1C(=O)C(n1cc(CN(C)S(C)(=O)=O)nn1)C(C)(C)C. The van der Waals surface area contributed by atoms with Crippen molar-refractivity contribution in [3.63, 3.8) is 0 Å². The van der Waals surface area contributed by atoms with Crippen LogP contribution in [-0.2, 0) is 26.2 Å². The van der Waals surface area contributed by atoms with Gasteiger partial charge in [-0.2, -0.15) is 4.31 Å². The molecule has 0 radical (unpaired) electrons. The van der Waals surface area contributed by atoms with Crippen molar-refractivity contribution in [2.24, 2.45) is 5.41 Å². The Balaban J connectivity index is 2.33. The summed E-state index contributed by atoms with van der Waals surface area (Å²) in [7, 11) is -0.471. The Hall–Kier alpha value is -2.05. The maximum absolute atomic E-state index is 13.4. The second-order valence-electron chi connectivity index (χ2n) is 8.49. The van der Waals surface area contributed by atoms with Gasteiger partial charge in [0, 0.05) is 27.1 Å². The summed E-state index contributed by atoms with van der Waals surface area (Å²) in [6, 6.07) is -1.54. The minimum atomic E-state index is -3.39. The van der Waals surface area contributed by atoms with Crippen molar-refractivity contribution in [1.82, 2.24) is 29.5 Å². The first-order valence-electron chi connectivity index (χ1n) is 9.28.